The van der Waals surface area contributed by atoms with Crippen LogP contribution in [0.25, 0.3) is 5.83 Å². The normalized spacial score (nSPS) is 12.2. The van der Waals surface area contributed by atoms with Crippen molar-refractivity contribution in [1.29, 1.82) is 0 Å². The summed E-state index contributed by atoms with van der Waals surface area (Å²) in [6.07, 6.45) is 0. The van der Waals surface area contributed by atoms with Crippen LogP contribution in [0.2, 0.25) is 0 Å². The summed E-state index contributed by atoms with van der Waals surface area (Å²) in [5, 5.41) is 0. The van der Waals surface area contributed by atoms with Crippen LogP contribution in [0.4, 0.5) is 8.78 Å². The average Bonchev–Trinajstić information content (AvgIpc) is 2.76. The second-order valence-electron chi connectivity index (χ2n) is 6.20. The van der Waals surface area contributed by atoms with Gasteiger partial charge in [0.1, 0.15) is 0 Å². The molecule has 0 aliphatic carbocycles. The molecule has 0 bridgehead atoms. The lowest BCUT2D eigenvalue weighted by Crippen LogP contribution is -2.40. The lowest BCUT2D eigenvalue weighted by molar-refractivity contribution is -0.147. The quantitative estimate of drug-likeness (QED) is 0.504. The number of esters is 1. The maximum Gasteiger partial charge on any atom is 0.328 e. The summed E-state index contributed by atoms with van der Waals surface area (Å²) in [5.74, 6) is -3.16. The van der Waals surface area contributed by atoms with Crippen LogP contribution in [0.15, 0.2) is 96.8 Å². The number of ether oxygens (including phenoxy) is 1. The Labute approximate surface area is 163 Å². The number of benzene rings is 3. The Balaban J connectivity index is 2.37. The fourth-order valence-corrected chi connectivity index (χ4v) is 3.24. The van der Waals surface area contributed by atoms with Crippen molar-refractivity contribution >= 4 is 11.8 Å². The van der Waals surface area contributed by atoms with Crippen molar-refractivity contribution in [2.45, 2.75) is 12.3 Å². The van der Waals surface area contributed by atoms with E-state index in [4.69, 9.17) is 4.74 Å². The molecule has 0 heterocycles. The Morgan fingerprint density at radius 1 is 0.786 bits per heavy atom. The van der Waals surface area contributed by atoms with Crippen LogP contribution in [-0.2, 0) is 14.9 Å². The Kier molecular flexibility index (Phi) is 5.99. The first kappa shape index (κ1) is 19.5. The van der Waals surface area contributed by atoms with E-state index in [-0.39, 0.29) is 12.2 Å². The highest BCUT2D eigenvalue weighted by molar-refractivity contribution is 5.93. The first-order valence-electron chi connectivity index (χ1n) is 9.01. The summed E-state index contributed by atoms with van der Waals surface area (Å²) in [5.41, 5.74) is -1.40. The Bertz CT molecular complexity index is 912. The van der Waals surface area contributed by atoms with E-state index in [2.05, 4.69) is 0 Å². The van der Waals surface area contributed by atoms with Crippen LogP contribution >= 0.6 is 0 Å². The van der Waals surface area contributed by atoms with Gasteiger partial charge in [-0.2, -0.15) is 0 Å². The van der Waals surface area contributed by atoms with E-state index < -0.39 is 23.0 Å². The summed E-state index contributed by atoms with van der Waals surface area (Å²) in [4.78, 5) is 13.2. The van der Waals surface area contributed by atoms with Gasteiger partial charge in [-0.15, -0.1) is 0 Å². The maximum absolute atomic E-state index is 16.0. The minimum Gasteiger partial charge on any atom is -0.465 e. The lowest BCUT2D eigenvalue weighted by Gasteiger charge is -2.31. The first-order valence-corrected chi connectivity index (χ1v) is 9.01. The molecule has 142 valence electrons. The van der Waals surface area contributed by atoms with Crippen molar-refractivity contribution in [2.24, 2.45) is 0 Å². The molecule has 0 aliphatic heterocycles. The van der Waals surface area contributed by atoms with Crippen molar-refractivity contribution < 1.29 is 18.3 Å². The number of rotatable bonds is 6. The molecule has 0 unspecified atom stereocenters. The molecule has 0 radical (unpaired) electrons. The number of carbonyl (C=O) groups is 1. The molecule has 28 heavy (non-hydrogen) atoms. The van der Waals surface area contributed by atoms with E-state index in [0.717, 1.165) is 0 Å². The monoisotopic (exact) mass is 378 g/mol. The van der Waals surface area contributed by atoms with Gasteiger partial charge < -0.3 is 4.74 Å². The molecule has 0 N–H and O–H groups in total. The van der Waals surface area contributed by atoms with Crippen molar-refractivity contribution in [3.05, 3.63) is 114 Å². The summed E-state index contributed by atoms with van der Waals surface area (Å²) in [7, 11) is 0. The van der Waals surface area contributed by atoms with E-state index in [1.165, 1.54) is 12.1 Å². The van der Waals surface area contributed by atoms with Crippen molar-refractivity contribution in [3.8, 4) is 0 Å². The summed E-state index contributed by atoms with van der Waals surface area (Å²) in [6.45, 7) is 1.67. The second kappa shape index (κ2) is 8.61. The van der Waals surface area contributed by atoms with Gasteiger partial charge in [0.2, 0.25) is 0 Å². The molecule has 0 fully saturated rings. The third-order valence-electron chi connectivity index (χ3n) is 4.54. The van der Waals surface area contributed by atoms with Gasteiger partial charge in [-0.3, -0.25) is 4.79 Å². The maximum atomic E-state index is 16.0. The molecule has 3 rings (SSSR count). The third-order valence-corrected chi connectivity index (χ3v) is 4.54. The molecule has 4 heteroatoms. The molecule has 3 aromatic rings. The molecule has 0 atom stereocenters. The van der Waals surface area contributed by atoms with Gasteiger partial charge in [-0.1, -0.05) is 91.0 Å². The van der Waals surface area contributed by atoms with Gasteiger partial charge in [0.15, 0.2) is 17.1 Å². The predicted molar refractivity (Wildman–Crippen MR) is 106 cm³/mol. The molecule has 0 saturated heterocycles. The van der Waals surface area contributed by atoms with E-state index in [9.17, 15) is 4.79 Å². The number of carbonyl (C=O) groups excluding carboxylic acids is 1. The van der Waals surface area contributed by atoms with Gasteiger partial charge in [-0.05, 0) is 18.1 Å². The van der Waals surface area contributed by atoms with Gasteiger partial charge in [-0.25, -0.2) is 8.78 Å². The molecule has 0 saturated carbocycles. The number of hydrogen-bond donors (Lipinski definition) is 0. The van der Waals surface area contributed by atoms with Crippen LogP contribution in [0.5, 0.6) is 0 Å². The molecular formula is C24H20F2O2. The fraction of sp³-hybridized carbons (Fsp3) is 0.125. The highest BCUT2D eigenvalue weighted by Gasteiger charge is 2.50. The largest absolute Gasteiger partial charge is 0.465 e. The zero-order valence-corrected chi connectivity index (χ0v) is 15.4. The van der Waals surface area contributed by atoms with Gasteiger partial charge >= 0.3 is 5.97 Å². The molecule has 3 aromatic carbocycles. The molecule has 2 nitrogen and oxygen atoms in total. The van der Waals surface area contributed by atoms with Crippen molar-refractivity contribution in [2.75, 3.05) is 6.61 Å². The highest BCUT2D eigenvalue weighted by Crippen LogP contribution is 2.44. The topological polar surface area (TPSA) is 26.3 Å². The van der Waals surface area contributed by atoms with Gasteiger partial charge in [0.05, 0.1) is 6.61 Å². The van der Waals surface area contributed by atoms with E-state index in [1.54, 1.807) is 85.8 Å². The number of hydrogen-bond acceptors (Lipinski definition) is 2. The van der Waals surface area contributed by atoms with Gasteiger partial charge in [0.25, 0.3) is 0 Å². The zero-order chi connectivity index (χ0) is 20.0. The van der Waals surface area contributed by atoms with Crippen LogP contribution in [0.1, 0.15) is 23.6 Å². The second-order valence-corrected chi connectivity index (χ2v) is 6.20. The Morgan fingerprint density at radius 3 is 1.64 bits per heavy atom. The summed E-state index contributed by atoms with van der Waals surface area (Å²) in [6, 6.07) is 24.5. The molecule has 0 aliphatic rings. The Morgan fingerprint density at radius 2 is 1.21 bits per heavy atom. The van der Waals surface area contributed by atoms with Crippen molar-refractivity contribution in [1.82, 2.24) is 0 Å². The minimum atomic E-state index is -2.04. The molecular weight excluding hydrogens is 358 g/mol. The Hall–Kier alpha value is -3.27. The summed E-state index contributed by atoms with van der Waals surface area (Å²) >= 11 is 0. The zero-order valence-electron chi connectivity index (χ0n) is 15.4. The SMILES string of the molecule is CCOC(=O)C(/C(F)=C(\F)c1ccccc1)(c1ccccc1)c1ccccc1. The highest BCUT2D eigenvalue weighted by atomic mass is 19.2. The fourth-order valence-electron chi connectivity index (χ4n) is 3.24. The molecule has 0 aromatic heterocycles. The van der Waals surface area contributed by atoms with E-state index in [0.29, 0.717) is 11.1 Å². The van der Waals surface area contributed by atoms with Crippen LogP contribution in [0.3, 0.4) is 0 Å². The standard InChI is InChI=1S/C24H20F2O2/c1-2-28-23(27)24(19-14-8-4-9-15-19,20-16-10-5-11-17-20)22(26)21(25)18-12-6-3-7-13-18/h3-17H,2H2,1H3/b22-21+. The molecule has 0 amide bonds. The average molecular weight is 378 g/mol. The minimum absolute atomic E-state index is 0.0421. The third kappa shape index (κ3) is 3.46. The first-order chi connectivity index (χ1) is 13.6. The number of halogens is 2. The van der Waals surface area contributed by atoms with E-state index in [1.807, 2.05) is 0 Å². The lowest BCUT2D eigenvalue weighted by atomic mass is 9.72. The summed E-state index contributed by atoms with van der Waals surface area (Å²) < 4.78 is 36.5. The van der Waals surface area contributed by atoms with E-state index >= 15 is 8.78 Å². The van der Waals surface area contributed by atoms with Gasteiger partial charge in [0, 0.05) is 5.56 Å². The van der Waals surface area contributed by atoms with Crippen LogP contribution in [-0.4, -0.2) is 12.6 Å². The van der Waals surface area contributed by atoms with Crippen LogP contribution in [0, 0.1) is 0 Å². The molecule has 0 spiro atoms. The predicted octanol–water partition coefficient (Wildman–Crippen LogP) is 5.84. The smallest absolute Gasteiger partial charge is 0.328 e. The van der Waals surface area contributed by atoms with Crippen molar-refractivity contribution in [3.63, 3.8) is 0 Å². The van der Waals surface area contributed by atoms with Crippen LogP contribution < -0.4 is 0 Å².